The lowest BCUT2D eigenvalue weighted by Gasteiger charge is -2.47. The molecule has 0 aliphatic carbocycles. The third-order valence-electron chi connectivity index (χ3n) is 5.79. The molecule has 3 fully saturated rings. The normalized spacial score (nSPS) is 26.3. The van der Waals surface area contributed by atoms with E-state index in [9.17, 15) is 5.11 Å². The summed E-state index contributed by atoms with van der Waals surface area (Å²) in [6.45, 7) is 4.83. The van der Waals surface area contributed by atoms with Crippen LogP contribution in [0.15, 0.2) is 36.4 Å². The minimum Gasteiger partial charge on any atom is -0.497 e. The highest BCUT2D eigenvalue weighted by Gasteiger charge is 2.44. The molecule has 2 aromatic rings. The van der Waals surface area contributed by atoms with Crippen molar-refractivity contribution in [2.75, 3.05) is 26.7 Å². The van der Waals surface area contributed by atoms with Gasteiger partial charge in [0.25, 0.3) is 0 Å². The van der Waals surface area contributed by atoms with Crippen LogP contribution in [-0.2, 0) is 6.42 Å². The summed E-state index contributed by atoms with van der Waals surface area (Å²) >= 11 is 0. The second-order valence-electron chi connectivity index (χ2n) is 7.70. The second kappa shape index (κ2) is 7.34. The van der Waals surface area contributed by atoms with Gasteiger partial charge in [-0.2, -0.15) is 0 Å². The minimum atomic E-state index is -0.890. The maximum Gasteiger partial charge on any atom is 0.141 e. The number of fused-ring (bicyclic) bond motifs is 3. The lowest BCUT2D eigenvalue weighted by molar-refractivity contribution is -0.0713. The average Bonchev–Trinajstić information content (AvgIpc) is 2.69. The number of piperidine rings is 3. The standard InChI is InChI=1S/C23H26N2O2/c1-17-3-6-19(9-12-23(26)16-25-13-10-20(23)11-14-25)22(24-17)15-18-4-7-21(27-2)8-5-18/h3-8,20,26H,10-11,13-16H2,1-2H3. The van der Waals surface area contributed by atoms with E-state index in [1.807, 2.05) is 31.2 Å². The molecule has 1 aromatic carbocycles. The van der Waals surface area contributed by atoms with Gasteiger partial charge < -0.3 is 9.84 Å². The van der Waals surface area contributed by atoms with E-state index in [1.54, 1.807) is 7.11 Å². The first-order valence-electron chi connectivity index (χ1n) is 9.63. The molecule has 1 atom stereocenters. The van der Waals surface area contributed by atoms with Gasteiger partial charge in [-0.25, -0.2) is 0 Å². The first kappa shape index (κ1) is 18.0. The fraction of sp³-hybridized carbons (Fsp3) is 0.435. The van der Waals surface area contributed by atoms with Gasteiger partial charge in [-0.1, -0.05) is 24.0 Å². The molecule has 1 N–H and O–H groups in total. The fourth-order valence-electron chi connectivity index (χ4n) is 4.15. The topological polar surface area (TPSA) is 45.6 Å². The van der Waals surface area contributed by atoms with E-state index < -0.39 is 5.60 Å². The summed E-state index contributed by atoms with van der Waals surface area (Å²) in [5.74, 6) is 7.62. The Bertz CT molecular complexity index is 873. The molecule has 3 aliphatic heterocycles. The van der Waals surface area contributed by atoms with Gasteiger partial charge in [-0.3, -0.25) is 9.88 Å². The highest BCUT2D eigenvalue weighted by atomic mass is 16.5. The van der Waals surface area contributed by atoms with E-state index in [-0.39, 0.29) is 0 Å². The summed E-state index contributed by atoms with van der Waals surface area (Å²) in [6, 6.07) is 12.1. The van der Waals surface area contributed by atoms with Crippen LogP contribution in [-0.4, -0.2) is 47.3 Å². The van der Waals surface area contributed by atoms with Gasteiger partial charge in [0.1, 0.15) is 11.4 Å². The van der Waals surface area contributed by atoms with E-state index in [0.717, 1.165) is 48.6 Å². The third kappa shape index (κ3) is 3.85. The van der Waals surface area contributed by atoms with Crippen molar-refractivity contribution in [3.05, 3.63) is 58.9 Å². The van der Waals surface area contributed by atoms with Crippen LogP contribution in [0.3, 0.4) is 0 Å². The molecule has 140 valence electrons. The molecule has 3 saturated heterocycles. The first-order chi connectivity index (χ1) is 13.1. The van der Waals surface area contributed by atoms with E-state index in [0.29, 0.717) is 18.9 Å². The monoisotopic (exact) mass is 362 g/mol. The Labute approximate surface area is 161 Å². The molecule has 0 amide bonds. The van der Waals surface area contributed by atoms with Crippen LogP contribution in [0, 0.1) is 24.7 Å². The lowest BCUT2D eigenvalue weighted by atomic mass is 9.75. The van der Waals surface area contributed by atoms with Crippen molar-refractivity contribution < 1.29 is 9.84 Å². The van der Waals surface area contributed by atoms with Crippen molar-refractivity contribution in [3.8, 4) is 17.6 Å². The SMILES string of the molecule is COc1ccc(Cc2nc(C)ccc2C#CC2(O)CN3CCC2CC3)cc1. The van der Waals surface area contributed by atoms with E-state index >= 15 is 0 Å². The van der Waals surface area contributed by atoms with Crippen molar-refractivity contribution in [1.29, 1.82) is 0 Å². The Kier molecular flexibility index (Phi) is 4.90. The molecular weight excluding hydrogens is 336 g/mol. The molecule has 2 bridgehead atoms. The number of nitrogens with zero attached hydrogens (tertiary/aromatic N) is 2. The maximum atomic E-state index is 11.1. The first-order valence-corrected chi connectivity index (χ1v) is 9.63. The number of methoxy groups -OCH3 is 1. The van der Waals surface area contributed by atoms with Crippen LogP contribution >= 0.6 is 0 Å². The molecular formula is C23H26N2O2. The molecule has 3 aliphatic rings. The second-order valence-corrected chi connectivity index (χ2v) is 7.70. The highest BCUT2D eigenvalue weighted by Crippen LogP contribution is 2.35. The summed E-state index contributed by atoms with van der Waals surface area (Å²) in [6.07, 6.45) is 2.79. The number of benzene rings is 1. The Morgan fingerprint density at radius 2 is 1.93 bits per heavy atom. The smallest absolute Gasteiger partial charge is 0.141 e. The molecule has 0 radical (unpaired) electrons. The van der Waals surface area contributed by atoms with Crippen molar-refractivity contribution in [2.45, 2.75) is 31.8 Å². The van der Waals surface area contributed by atoms with Crippen LogP contribution in [0.5, 0.6) is 5.75 Å². The molecule has 4 nitrogen and oxygen atoms in total. The number of hydrogen-bond donors (Lipinski definition) is 1. The molecule has 4 heteroatoms. The quantitative estimate of drug-likeness (QED) is 0.853. The molecule has 4 heterocycles. The summed E-state index contributed by atoms with van der Waals surface area (Å²) < 4.78 is 5.23. The number of aromatic nitrogens is 1. The number of hydrogen-bond acceptors (Lipinski definition) is 4. The predicted molar refractivity (Wildman–Crippen MR) is 106 cm³/mol. The van der Waals surface area contributed by atoms with E-state index in [2.05, 4.69) is 28.9 Å². The lowest BCUT2D eigenvalue weighted by Crippen LogP contribution is -2.58. The zero-order chi connectivity index (χ0) is 18.9. The van der Waals surface area contributed by atoms with Gasteiger partial charge in [-0.15, -0.1) is 0 Å². The van der Waals surface area contributed by atoms with Gasteiger partial charge in [0.05, 0.1) is 12.8 Å². The Hall–Kier alpha value is -2.35. The average molecular weight is 362 g/mol. The number of aliphatic hydroxyl groups is 1. The predicted octanol–water partition coefficient (Wildman–Crippen LogP) is 2.80. The number of aryl methyl sites for hydroxylation is 1. The molecule has 1 unspecified atom stereocenters. The highest BCUT2D eigenvalue weighted by molar-refractivity contribution is 5.43. The molecule has 5 rings (SSSR count). The number of rotatable bonds is 3. The van der Waals surface area contributed by atoms with Gasteiger partial charge >= 0.3 is 0 Å². The molecule has 0 spiro atoms. The Morgan fingerprint density at radius 1 is 1.19 bits per heavy atom. The van der Waals surface area contributed by atoms with Crippen LogP contribution in [0.2, 0.25) is 0 Å². The van der Waals surface area contributed by atoms with Crippen molar-refractivity contribution in [3.63, 3.8) is 0 Å². The van der Waals surface area contributed by atoms with Crippen LogP contribution in [0.1, 0.15) is 35.4 Å². The van der Waals surface area contributed by atoms with Crippen molar-refractivity contribution in [2.24, 2.45) is 5.92 Å². The van der Waals surface area contributed by atoms with Crippen molar-refractivity contribution >= 4 is 0 Å². The van der Waals surface area contributed by atoms with Crippen molar-refractivity contribution in [1.82, 2.24) is 9.88 Å². The fourth-order valence-corrected chi connectivity index (χ4v) is 4.15. The van der Waals surface area contributed by atoms with Gasteiger partial charge in [0, 0.05) is 30.1 Å². The van der Waals surface area contributed by atoms with Crippen LogP contribution in [0.25, 0.3) is 0 Å². The summed E-state index contributed by atoms with van der Waals surface area (Å²) in [7, 11) is 1.67. The van der Waals surface area contributed by atoms with Gasteiger partial charge in [0.2, 0.25) is 0 Å². The summed E-state index contributed by atoms with van der Waals surface area (Å²) in [5, 5.41) is 11.1. The molecule has 0 saturated carbocycles. The Morgan fingerprint density at radius 3 is 2.56 bits per heavy atom. The number of pyridine rings is 1. The molecule has 1 aromatic heterocycles. The maximum absolute atomic E-state index is 11.1. The zero-order valence-electron chi connectivity index (χ0n) is 16.0. The zero-order valence-corrected chi connectivity index (χ0v) is 16.0. The number of ether oxygens (including phenoxy) is 1. The van der Waals surface area contributed by atoms with Crippen LogP contribution < -0.4 is 4.74 Å². The summed E-state index contributed by atoms with van der Waals surface area (Å²) in [4.78, 5) is 7.04. The van der Waals surface area contributed by atoms with Crippen LogP contribution in [0.4, 0.5) is 0 Å². The van der Waals surface area contributed by atoms with Gasteiger partial charge in [0.15, 0.2) is 0 Å². The van der Waals surface area contributed by atoms with E-state index in [1.165, 1.54) is 5.56 Å². The van der Waals surface area contributed by atoms with E-state index in [4.69, 9.17) is 9.72 Å². The van der Waals surface area contributed by atoms with Gasteiger partial charge in [-0.05, 0) is 62.7 Å². The largest absolute Gasteiger partial charge is 0.497 e. The molecule has 27 heavy (non-hydrogen) atoms. The Balaban J connectivity index is 1.60. The third-order valence-corrected chi connectivity index (χ3v) is 5.79. The summed E-state index contributed by atoms with van der Waals surface area (Å²) in [5.41, 5.74) is 3.11. The minimum absolute atomic E-state index is 0.290.